The molecule has 5 heteroatoms. The summed E-state index contributed by atoms with van der Waals surface area (Å²) in [6, 6.07) is 5.09. The van der Waals surface area contributed by atoms with Crippen molar-refractivity contribution in [3.8, 4) is 0 Å². The second kappa shape index (κ2) is 3.61. The van der Waals surface area contributed by atoms with Gasteiger partial charge < -0.3 is 9.73 Å². The number of benzene rings is 1. The minimum atomic E-state index is -0.735. The lowest BCUT2D eigenvalue weighted by atomic mass is 10.2. The number of hydrogen-bond acceptors (Lipinski definition) is 4. The molecule has 2 aromatic rings. The van der Waals surface area contributed by atoms with E-state index in [1.54, 1.807) is 18.2 Å². The standard InChI is InChI=1S/C10H10N2O3/c1-2-11-6-3-4-7-8(5-6)12-10(14)15-9(7)13/h3-5,11H,2H2,1H3,(H,12,14). The van der Waals surface area contributed by atoms with Gasteiger partial charge in [0, 0.05) is 12.2 Å². The first-order valence-electron chi connectivity index (χ1n) is 4.62. The average molecular weight is 206 g/mol. The van der Waals surface area contributed by atoms with Crippen molar-refractivity contribution < 1.29 is 4.42 Å². The van der Waals surface area contributed by atoms with Crippen molar-refractivity contribution in [2.24, 2.45) is 0 Å². The molecular formula is C10H10N2O3. The van der Waals surface area contributed by atoms with Gasteiger partial charge in [-0.2, -0.15) is 0 Å². The molecule has 0 atom stereocenters. The molecule has 1 aromatic heterocycles. The number of hydrogen-bond donors (Lipinski definition) is 2. The maximum absolute atomic E-state index is 11.3. The summed E-state index contributed by atoms with van der Waals surface area (Å²) in [6.07, 6.45) is 0. The Kier molecular flexibility index (Phi) is 2.29. The molecule has 15 heavy (non-hydrogen) atoms. The molecule has 0 saturated carbocycles. The van der Waals surface area contributed by atoms with Crippen LogP contribution in [0.25, 0.3) is 10.9 Å². The van der Waals surface area contributed by atoms with E-state index in [-0.39, 0.29) is 0 Å². The Morgan fingerprint density at radius 3 is 2.93 bits per heavy atom. The number of nitrogens with one attached hydrogen (secondary N) is 2. The predicted octanol–water partition coefficient (Wildman–Crippen LogP) is 0.913. The van der Waals surface area contributed by atoms with Gasteiger partial charge in [0.2, 0.25) is 0 Å². The van der Waals surface area contributed by atoms with E-state index in [9.17, 15) is 9.59 Å². The van der Waals surface area contributed by atoms with Gasteiger partial charge in [0.1, 0.15) is 0 Å². The largest absolute Gasteiger partial charge is 0.419 e. The highest BCUT2D eigenvalue weighted by molar-refractivity contribution is 5.80. The van der Waals surface area contributed by atoms with Crippen molar-refractivity contribution in [1.82, 2.24) is 4.98 Å². The van der Waals surface area contributed by atoms with Crippen LogP contribution in [0.15, 0.2) is 32.2 Å². The van der Waals surface area contributed by atoms with Gasteiger partial charge in [0.15, 0.2) is 0 Å². The molecule has 0 unspecified atom stereocenters. The number of anilines is 1. The topological polar surface area (TPSA) is 75.1 Å². The molecule has 5 nitrogen and oxygen atoms in total. The molecule has 1 aromatic carbocycles. The third-order valence-electron chi connectivity index (χ3n) is 2.04. The Morgan fingerprint density at radius 2 is 2.20 bits per heavy atom. The Balaban J connectivity index is 2.71. The third-order valence-corrected chi connectivity index (χ3v) is 2.04. The zero-order valence-electron chi connectivity index (χ0n) is 8.16. The van der Waals surface area contributed by atoms with Crippen LogP contribution in [0.2, 0.25) is 0 Å². The van der Waals surface area contributed by atoms with Gasteiger partial charge >= 0.3 is 11.4 Å². The van der Waals surface area contributed by atoms with Crippen LogP contribution >= 0.6 is 0 Å². The average Bonchev–Trinajstić information content (AvgIpc) is 2.17. The summed E-state index contributed by atoms with van der Waals surface area (Å²) in [7, 11) is 0. The first kappa shape index (κ1) is 9.51. The fourth-order valence-electron chi connectivity index (χ4n) is 1.41. The smallest absolute Gasteiger partial charge is 0.385 e. The van der Waals surface area contributed by atoms with Crippen LogP contribution in [0, 0.1) is 0 Å². The second-order valence-corrected chi connectivity index (χ2v) is 3.09. The molecule has 0 aliphatic carbocycles. The van der Waals surface area contributed by atoms with E-state index in [0.29, 0.717) is 10.9 Å². The zero-order valence-corrected chi connectivity index (χ0v) is 8.16. The van der Waals surface area contributed by atoms with Crippen LogP contribution in [0.5, 0.6) is 0 Å². The normalized spacial score (nSPS) is 10.5. The SMILES string of the molecule is CCNc1ccc2c(=O)oc(=O)[nH]c2c1. The predicted molar refractivity (Wildman–Crippen MR) is 57.3 cm³/mol. The van der Waals surface area contributed by atoms with Gasteiger partial charge in [-0.05, 0) is 25.1 Å². The van der Waals surface area contributed by atoms with Crippen LogP contribution in [-0.4, -0.2) is 11.5 Å². The summed E-state index contributed by atoms with van der Waals surface area (Å²) in [4.78, 5) is 24.7. The highest BCUT2D eigenvalue weighted by atomic mass is 16.4. The molecular weight excluding hydrogens is 196 g/mol. The number of aromatic amines is 1. The van der Waals surface area contributed by atoms with Gasteiger partial charge in [-0.1, -0.05) is 0 Å². The highest BCUT2D eigenvalue weighted by Gasteiger charge is 2.02. The van der Waals surface area contributed by atoms with E-state index >= 15 is 0 Å². The molecule has 0 aliphatic heterocycles. The Morgan fingerprint density at radius 1 is 1.40 bits per heavy atom. The fourth-order valence-corrected chi connectivity index (χ4v) is 1.41. The lowest BCUT2D eigenvalue weighted by Gasteiger charge is -2.03. The van der Waals surface area contributed by atoms with Crippen molar-refractivity contribution >= 4 is 16.6 Å². The van der Waals surface area contributed by atoms with E-state index < -0.39 is 11.4 Å². The van der Waals surface area contributed by atoms with Gasteiger partial charge in [-0.25, -0.2) is 9.59 Å². The molecule has 0 amide bonds. The van der Waals surface area contributed by atoms with Crippen molar-refractivity contribution in [2.45, 2.75) is 6.92 Å². The summed E-state index contributed by atoms with van der Waals surface area (Å²) in [5, 5.41) is 3.46. The van der Waals surface area contributed by atoms with Crippen LogP contribution in [0.3, 0.4) is 0 Å². The van der Waals surface area contributed by atoms with Crippen LogP contribution in [0.4, 0.5) is 5.69 Å². The maximum atomic E-state index is 11.3. The van der Waals surface area contributed by atoms with E-state index in [2.05, 4.69) is 14.7 Å². The quantitative estimate of drug-likeness (QED) is 0.765. The first-order chi connectivity index (χ1) is 7.20. The molecule has 2 rings (SSSR count). The molecule has 0 saturated heterocycles. The minimum Gasteiger partial charge on any atom is -0.385 e. The number of aromatic nitrogens is 1. The fraction of sp³-hybridized carbons (Fsp3) is 0.200. The maximum Gasteiger partial charge on any atom is 0.419 e. The molecule has 78 valence electrons. The molecule has 0 radical (unpaired) electrons. The number of H-pyrrole nitrogens is 1. The Hall–Kier alpha value is -2.04. The van der Waals surface area contributed by atoms with Crippen molar-refractivity contribution in [3.05, 3.63) is 39.2 Å². The van der Waals surface area contributed by atoms with Gasteiger partial charge in [-0.15, -0.1) is 0 Å². The van der Waals surface area contributed by atoms with Gasteiger partial charge in [-0.3, -0.25) is 4.98 Å². The molecule has 0 aliphatic rings. The van der Waals surface area contributed by atoms with E-state index in [0.717, 1.165) is 12.2 Å². The van der Waals surface area contributed by atoms with E-state index in [4.69, 9.17) is 0 Å². The van der Waals surface area contributed by atoms with Crippen molar-refractivity contribution in [2.75, 3.05) is 11.9 Å². The Bertz CT molecular complexity index is 597. The number of rotatable bonds is 2. The lowest BCUT2D eigenvalue weighted by Crippen LogP contribution is -2.14. The molecule has 0 spiro atoms. The monoisotopic (exact) mass is 206 g/mol. The molecule has 0 bridgehead atoms. The van der Waals surface area contributed by atoms with Gasteiger partial charge in [0.05, 0.1) is 10.9 Å². The minimum absolute atomic E-state index is 0.372. The lowest BCUT2D eigenvalue weighted by molar-refractivity contribution is 0.460. The Labute approximate surface area is 84.7 Å². The summed E-state index contributed by atoms with van der Waals surface area (Å²) >= 11 is 0. The van der Waals surface area contributed by atoms with Crippen LogP contribution in [0.1, 0.15) is 6.92 Å². The van der Waals surface area contributed by atoms with Gasteiger partial charge in [0.25, 0.3) is 0 Å². The summed E-state index contributed by atoms with van der Waals surface area (Å²) in [5.74, 6) is -0.735. The third kappa shape index (κ3) is 1.76. The zero-order chi connectivity index (χ0) is 10.8. The summed E-state index contributed by atoms with van der Waals surface area (Å²) in [5.41, 5.74) is 0.720. The van der Waals surface area contributed by atoms with Crippen molar-refractivity contribution in [3.63, 3.8) is 0 Å². The van der Waals surface area contributed by atoms with Crippen LogP contribution < -0.4 is 16.7 Å². The number of fused-ring (bicyclic) bond motifs is 1. The molecule has 0 fully saturated rings. The summed E-state index contributed by atoms with van der Waals surface area (Å²) in [6.45, 7) is 2.74. The van der Waals surface area contributed by atoms with E-state index in [1.165, 1.54) is 0 Å². The molecule has 2 N–H and O–H groups in total. The second-order valence-electron chi connectivity index (χ2n) is 3.09. The van der Waals surface area contributed by atoms with E-state index in [1.807, 2.05) is 6.92 Å². The first-order valence-corrected chi connectivity index (χ1v) is 4.62. The highest BCUT2D eigenvalue weighted by Crippen LogP contribution is 2.12. The van der Waals surface area contributed by atoms with Crippen LogP contribution in [-0.2, 0) is 0 Å². The van der Waals surface area contributed by atoms with Crippen molar-refractivity contribution in [1.29, 1.82) is 0 Å². The molecule has 1 heterocycles. The summed E-state index contributed by atoms with van der Waals surface area (Å²) < 4.78 is 4.40.